The zero-order chi connectivity index (χ0) is 24.6. The first kappa shape index (κ1) is 24.4. The van der Waals surface area contributed by atoms with Crippen molar-refractivity contribution in [2.24, 2.45) is 0 Å². The largest absolute Gasteiger partial charge is 0.515 e. The molecule has 1 aromatic heterocycles. The normalized spacial score (nSPS) is 10.7. The Morgan fingerprint density at radius 1 is 0.882 bits per heavy atom. The minimum Gasteiger partial charge on any atom is -0.434 e. The summed E-state index contributed by atoms with van der Waals surface area (Å²) in [4.78, 5) is 39.5. The highest BCUT2D eigenvalue weighted by atomic mass is 32.2. The van der Waals surface area contributed by atoms with Crippen molar-refractivity contribution in [3.63, 3.8) is 0 Å². The molecule has 3 rings (SSSR count). The molecule has 10 nitrogen and oxygen atoms in total. The second-order valence-electron chi connectivity index (χ2n) is 6.80. The number of rotatable bonds is 8. The third-order valence-corrected chi connectivity index (χ3v) is 5.75. The van der Waals surface area contributed by atoms with E-state index in [1.54, 1.807) is 6.92 Å². The number of amides is 2. The van der Waals surface area contributed by atoms with E-state index in [1.165, 1.54) is 36.4 Å². The molecule has 0 radical (unpaired) electrons. The second-order valence-corrected chi connectivity index (χ2v) is 8.48. The van der Waals surface area contributed by atoms with Gasteiger partial charge in [0.2, 0.25) is 5.88 Å². The minimum atomic E-state index is -4.21. The van der Waals surface area contributed by atoms with Crippen LogP contribution in [0.2, 0.25) is 0 Å². The van der Waals surface area contributed by atoms with E-state index in [0.717, 1.165) is 11.8 Å². The first-order chi connectivity index (χ1) is 16.3. The van der Waals surface area contributed by atoms with Crippen LogP contribution in [0.3, 0.4) is 0 Å². The van der Waals surface area contributed by atoms with E-state index in [-0.39, 0.29) is 34.4 Å². The van der Waals surface area contributed by atoms with Crippen molar-refractivity contribution >= 4 is 28.0 Å². The Kier molecular flexibility index (Phi) is 7.93. The van der Waals surface area contributed by atoms with Gasteiger partial charge in [0.1, 0.15) is 0 Å². The fraction of sp³-hybridized carbons (Fsp3) is 0.130. The van der Waals surface area contributed by atoms with Gasteiger partial charge in [0, 0.05) is 24.4 Å². The molecule has 34 heavy (non-hydrogen) atoms. The Hall–Kier alpha value is -4.25. The van der Waals surface area contributed by atoms with Crippen molar-refractivity contribution in [3.05, 3.63) is 89.6 Å². The first-order valence-electron chi connectivity index (χ1n) is 10.1. The van der Waals surface area contributed by atoms with E-state index in [9.17, 15) is 22.8 Å². The molecule has 0 aliphatic heterocycles. The molecule has 0 fully saturated rings. The number of hydrogen-bond donors (Lipinski definition) is 2. The van der Waals surface area contributed by atoms with E-state index in [0.29, 0.717) is 6.54 Å². The van der Waals surface area contributed by atoms with Gasteiger partial charge in [-0.25, -0.2) is 22.9 Å². The third kappa shape index (κ3) is 6.62. The number of nitrogens with one attached hydrogen (secondary N) is 2. The molecule has 0 aliphatic carbocycles. The Bertz CT molecular complexity index is 1260. The summed E-state index contributed by atoms with van der Waals surface area (Å²) in [5.74, 6) is -1.41. The molecule has 2 N–H and O–H groups in total. The van der Waals surface area contributed by atoms with Gasteiger partial charge >= 0.3 is 6.16 Å². The number of pyridine rings is 1. The van der Waals surface area contributed by atoms with Crippen molar-refractivity contribution in [1.29, 1.82) is 0 Å². The summed E-state index contributed by atoms with van der Waals surface area (Å²) in [6.45, 7) is 2.06. The van der Waals surface area contributed by atoms with E-state index < -0.39 is 22.1 Å². The van der Waals surface area contributed by atoms with Crippen LogP contribution in [-0.4, -0.2) is 38.0 Å². The van der Waals surface area contributed by atoms with Crippen LogP contribution in [-0.2, 0) is 21.3 Å². The monoisotopic (exact) mass is 483 g/mol. The second kappa shape index (κ2) is 11.1. The minimum absolute atomic E-state index is 0.0725. The highest BCUT2D eigenvalue weighted by Gasteiger charge is 2.20. The molecular formula is C23H21N3O7S. The fourth-order valence-electron chi connectivity index (χ4n) is 2.71. The van der Waals surface area contributed by atoms with Crippen molar-refractivity contribution < 1.29 is 32.3 Å². The maximum atomic E-state index is 12.6. The molecule has 0 unspecified atom stereocenters. The number of carbonyl (C=O) groups is 3. The van der Waals surface area contributed by atoms with Crippen LogP contribution in [0.4, 0.5) is 4.79 Å². The summed E-state index contributed by atoms with van der Waals surface area (Å²) >= 11 is 0. The van der Waals surface area contributed by atoms with E-state index in [4.69, 9.17) is 4.74 Å². The summed E-state index contributed by atoms with van der Waals surface area (Å²) in [6, 6.07) is 16.9. The maximum Gasteiger partial charge on any atom is 0.515 e. The Balaban J connectivity index is 1.60. The molecule has 0 saturated carbocycles. The van der Waals surface area contributed by atoms with Crippen molar-refractivity contribution in [1.82, 2.24) is 15.0 Å². The van der Waals surface area contributed by atoms with Crippen molar-refractivity contribution in [2.75, 3.05) is 6.61 Å². The standard InChI is InChI=1S/C23H21N3O7S/c1-2-32-23(29)33-20-13-10-18(15-24-20)22(28)26-34(30,31)19-11-8-17(9-12-19)21(27)25-14-16-6-4-3-5-7-16/h3-13,15H,2,14H2,1H3,(H,25,27)(H,26,28). The Morgan fingerprint density at radius 2 is 1.56 bits per heavy atom. The third-order valence-electron chi connectivity index (χ3n) is 4.40. The lowest BCUT2D eigenvalue weighted by molar-refractivity contribution is 0.0947. The number of hydrogen-bond acceptors (Lipinski definition) is 8. The van der Waals surface area contributed by atoms with Crippen LogP contribution >= 0.6 is 0 Å². The van der Waals surface area contributed by atoms with E-state index in [2.05, 4.69) is 15.0 Å². The quantitative estimate of drug-likeness (QED) is 0.466. The molecule has 0 spiro atoms. The summed E-state index contributed by atoms with van der Waals surface area (Å²) in [7, 11) is -4.21. The van der Waals surface area contributed by atoms with Crippen LogP contribution in [0.15, 0.2) is 77.8 Å². The smallest absolute Gasteiger partial charge is 0.434 e. The lowest BCUT2D eigenvalue weighted by atomic mass is 10.2. The number of ether oxygens (including phenoxy) is 2. The van der Waals surface area contributed by atoms with Gasteiger partial charge in [0.15, 0.2) is 0 Å². The van der Waals surface area contributed by atoms with E-state index in [1.807, 2.05) is 35.1 Å². The molecule has 11 heteroatoms. The lowest BCUT2D eigenvalue weighted by Crippen LogP contribution is -2.30. The van der Waals surface area contributed by atoms with Gasteiger partial charge in [0.05, 0.1) is 17.1 Å². The summed E-state index contributed by atoms with van der Waals surface area (Å²) < 4.78 is 36.4. The van der Waals surface area contributed by atoms with Gasteiger partial charge in [-0.1, -0.05) is 30.3 Å². The van der Waals surface area contributed by atoms with Gasteiger partial charge in [-0.3, -0.25) is 9.59 Å². The fourth-order valence-corrected chi connectivity index (χ4v) is 3.69. The predicted octanol–water partition coefficient (Wildman–Crippen LogP) is 2.67. The highest BCUT2D eigenvalue weighted by Crippen LogP contribution is 2.13. The van der Waals surface area contributed by atoms with Crippen molar-refractivity contribution in [2.45, 2.75) is 18.4 Å². The number of carbonyl (C=O) groups excluding carboxylic acids is 3. The van der Waals surface area contributed by atoms with Crippen LogP contribution in [0.1, 0.15) is 33.2 Å². The molecular weight excluding hydrogens is 462 g/mol. The van der Waals surface area contributed by atoms with Gasteiger partial charge in [-0.05, 0) is 42.8 Å². The summed E-state index contributed by atoms with van der Waals surface area (Å²) in [5, 5.41) is 2.75. The molecule has 0 saturated heterocycles. The zero-order valence-electron chi connectivity index (χ0n) is 18.1. The molecule has 0 aliphatic rings. The van der Waals surface area contributed by atoms with Crippen LogP contribution in [0, 0.1) is 0 Å². The van der Waals surface area contributed by atoms with E-state index >= 15 is 0 Å². The molecule has 3 aromatic rings. The maximum absolute atomic E-state index is 12.6. The molecule has 176 valence electrons. The number of aromatic nitrogens is 1. The molecule has 2 aromatic carbocycles. The van der Waals surface area contributed by atoms with Gasteiger partial charge in [-0.15, -0.1) is 0 Å². The molecule has 1 heterocycles. The SMILES string of the molecule is CCOC(=O)Oc1ccc(C(=O)NS(=O)(=O)c2ccc(C(=O)NCc3ccccc3)cc2)cn1. The Morgan fingerprint density at radius 3 is 2.18 bits per heavy atom. The topological polar surface area (TPSA) is 141 Å². The van der Waals surface area contributed by atoms with Crippen LogP contribution in [0.5, 0.6) is 5.88 Å². The van der Waals surface area contributed by atoms with Crippen LogP contribution < -0.4 is 14.8 Å². The molecule has 2 amide bonds. The zero-order valence-corrected chi connectivity index (χ0v) is 18.9. The predicted molar refractivity (Wildman–Crippen MR) is 121 cm³/mol. The average molecular weight is 484 g/mol. The van der Waals surface area contributed by atoms with Crippen LogP contribution in [0.25, 0.3) is 0 Å². The lowest BCUT2D eigenvalue weighted by Gasteiger charge is -2.09. The highest BCUT2D eigenvalue weighted by molar-refractivity contribution is 7.90. The van der Waals surface area contributed by atoms with Gasteiger partial charge < -0.3 is 14.8 Å². The number of sulfonamides is 1. The summed E-state index contributed by atoms with van der Waals surface area (Å²) in [5.41, 5.74) is 1.12. The number of benzene rings is 2. The summed E-state index contributed by atoms with van der Waals surface area (Å²) in [6.07, 6.45) is 0.103. The molecule has 0 atom stereocenters. The first-order valence-corrected chi connectivity index (χ1v) is 11.6. The van der Waals surface area contributed by atoms with Gasteiger partial charge in [-0.2, -0.15) is 0 Å². The average Bonchev–Trinajstić information content (AvgIpc) is 2.83. The van der Waals surface area contributed by atoms with Crippen molar-refractivity contribution in [3.8, 4) is 5.88 Å². The number of nitrogens with zero attached hydrogens (tertiary/aromatic N) is 1. The molecule has 0 bridgehead atoms. The Labute approximate surface area is 196 Å². The van der Waals surface area contributed by atoms with Gasteiger partial charge in [0.25, 0.3) is 21.8 Å².